The van der Waals surface area contributed by atoms with Gasteiger partial charge in [0.05, 0.1) is 59.0 Å². The number of nitrogens with zero attached hydrogens (tertiary/aromatic N) is 6. The third kappa shape index (κ3) is 8.63. The monoisotopic (exact) mass is 894 g/mol. The Kier molecular flexibility index (Phi) is 12.4. The molecule has 9 rings (SSSR count). The quantitative estimate of drug-likeness (QED) is 0.0792. The van der Waals surface area contributed by atoms with Crippen molar-refractivity contribution in [3.05, 3.63) is 108 Å². The maximum Gasteiger partial charge on any atom is 0.407 e. The number of H-pyrrole nitrogens is 2. The molecule has 0 radical (unpaired) electrons. The lowest BCUT2D eigenvalue weighted by atomic mass is 10.0. The van der Waals surface area contributed by atoms with Crippen LogP contribution in [0.5, 0.6) is 0 Å². The molecule has 16 heteroatoms. The minimum absolute atomic E-state index is 0.00899. The predicted molar refractivity (Wildman–Crippen MR) is 250 cm³/mol. The van der Waals surface area contributed by atoms with E-state index in [0.717, 1.165) is 94.5 Å². The van der Waals surface area contributed by atoms with Crippen LogP contribution in [0.2, 0.25) is 0 Å². The zero-order valence-corrected chi connectivity index (χ0v) is 38.0. The smallest absolute Gasteiger partial charge is 0.407 e. The van der Waals surface area contributed by atoms with Gasteiger partial charge >= 0.3 is 12.2 Å². The maximum atomic E-state index is 13.9. The first-order valence-corrected chi connectivity index (χ1v) is 23.1. The van der Waals surface area contributed by atoms with Gasteiger partial charge in [-0.15, -0.1) is 0 Å². The second-order valence-corrected chi connectivity index (χ2v) is 18.5. The molecule has 16 nitrogen and oxygen atoms in total. The van der Waals surface area contributed by atoms with Crippen LogP contribution in [0.25, 0.3) is 33.3 Å². The van der Waals surface area contributed by atoms with Crippen molar-refractivity contribution in [3.63, 3.8) is 0 Å². The molecule has 0 bridgehead atoms. The first-order valence-electron chi connectivity index (χ1n) is 23.1. The molecule has 6 atom stereocenters. The Bertz CT molecular complexity index is 2730. The van der Waals surface area contributed by atoms with Gasteiger partial charge in [-0.05, 0) is 110 Å². The second-order valence-electron chi connectivity index (χ2n) is 18.5. The Morgan fingerprint density at radius 3 is 1.68 bits per heavy atom. The summed E-state index contributed by atoms with van der Waals surface area (Å²) in [6.07, 6.45) is 4.84. The van der Waals surface area contributed by atoms with E-state index in [4.69, 9.17) is 14.7 Å². The number of likely N-dealkylation sites (tertiary alicyclic amines) is 2. The number of hydrogen-bond acceptors (Lipinski definition) is 9. The highest BCUT2D eigenvalue weighted by Crippen LogP contribution is 2.48. The van der Waals surface area contributed by atoms with E-state index in [2.05, 4.69) is 91.1 Å². The zero-order chi connectivity index (χ0) is 46.2. The van der Waals surface area contributed by atoms with Crippen LogP contribution < -0.4 is 15.5 Å². The standard InChI is InChI=1S/C50H58N10O6/c1-28(2)43(56-49(63)64)47(61)58-24-8-11-41(58)45-52-35-19-15-31(26-37(35)54-45)39-21-22-40(60(39)33-17-13-30(14-18-33)34-10-6-7-23-51-34)32-16-20-36-38(27-32)55-46(53-36)42-12-9-25-59(42)48(62)44(29(3)4)57-50(65)66-5/h6-7,10,13-20,23,26-29,39-44,56H,8-9,11-12,21-22,24-25H2,1-5H3,(H,52,54)(H,53,55)(H,57,65)(H,63,64)/t39-,40-,41+,42+,43+,44+/m1/s1. The summed E-state index contributed by atoms with van der Waals surface area (Å²) in [4.78, 5) is 79.3. The summed E-state index contributed by atoms with van der Waals surface area (Å²) < 4.78 is 4.83. The molecule has 3 aromatic heterocycles. The molecule has 5 N–H and O–H groups in total. The molecule has 3 aliphatic heterocycles. The summed E-state index contributed by atoms with van der Waals surface area (Å²) in [5.74, 6) is 0.707. The summed E-state index contributed by atoms with van der Waals surface area (Å²) in [5.41, 5.74) is 8.66. The Labute approximate surface area is 383 Å². The topological polar surface area (TPSA) is 202 Å². The molecule has 344 valence electrons. The first-order chi connectivity index (χ1) is 31.9. The Balaban J connectivity index is 1.02. The van der Waals surface area contributed by atoms with E-state index >= 15 is 0 Å². The average molecular weight is 895 g/mol. The number of amides is 4. The fourth-order valence-corrected chi connectivity index (χ4v) is 10.3. The lowest BCUT2D eigenvalue weighted by Crippen LogP contribution is -2.51. The van der Waals surface area contributed by atoms with Gasteiger partial charge < -0.3 is 45.1 Å². The number of pyridine rings is 1. The number of aromatic nitrogens is 5. The molecule has 4 amide bonds. The van der Waals surface area contributed by atoms with Crippen LogP contribution in [0.15, 0.2) is 85.1 Å². The molecule has 3 saturated heterocycles. The van der Waals surface area contributed by atoms with Crippen LogP contribution in [-0.4, -0.2) is 96.1 Å². The predicted octanol–water partition coefficient (Wildman–Crippen LogP) is 8.58. The van der Waals surface area contributed by atoms with E-state index in [1.54, 1.807) is 11.1 Å². The van der Waals surface area contributed by atoms with E-state index in [1.807, 2.05) is 50.8 Å². The van der Waals surface area contributed by atoms with Crippen LogP contribution in [-0.2, 0) is 14.3 Å². The van der Waals surface area contributed by atoms with Crippen molar-refractivity contribution in [1.82, 2.24) is 45.4 Å². The van der Waals surface area contributed by atoms with Crippen LogP contribution in [0.3, 0.4) is 0 Å². The molecule has 0 spiro atoms. The van der Waals surface area contributed by atoms with Gasteiger partial charge in [0.1, 0.15) is 23.7 Å². The maximum absolute atomic E-state index is 13.9. The summed E-state index contributed by atoms with van der Waals surface area (Å²) in [6, 6.07) is 25.3. The van der Waals surface area contributed by atoms with Crippen molar-refractivity contribution in [2.75, 3.05) is 25.1 Å². The molecular formula is C50H58N10O6. The van der Waals surface area contributed by atoms with Crippen molar-refractivity contribution in [3.8, 4) is 11.3 Å². The third-order valence-electron chi connectivity index (χ3n) is 13.6. The Hall–Kier alpha value is -6.97. The number of rotatable bonds is 12. The molecule has 3 aromatic carbocycles. The number of alkyl carbamates (subject to hydrolysis) is 1. The molecule has 0 saturated carbocycles. The number of ether oxygens (including phenoxy) is 1. The summed E-state index contributed by atoms with van der Waals surface area (Å²) in [6.45, 7) is 8.62. The van der Waals surface area contributed by atoms with Crippen LogP contribution >= 0.6 is 0 Å². The summed E-state index contributed by atoms with van der Waals surface area (Å²) in [7, 11) is 1.30. The third-order valence-corrected chi connectivity index (χ3v) is 13.6. The first kappa shape index (κ1) is 44.2. The summed E-state index contributed by atoms with van der Waals surface area (Å²) in [5, 5.41) is 14.6. The molecule has 3 fully saturated rings. The zero-order valence-electron chi connectivity index (χ0n) is 38.0. The van der Waals surface area contributed by atoms with Gasteiger partial charge in [0.2, 0.25) is 11.8 Å². The fourth-order valence-electron chi connectivity index (χ4n) is 10.3. The number of carboxylic acid groups (broad SMARTS) is 1. The van der Waals surface area contributed by atoms with Crippen molar-refractivity contribution < 1.29 is 29.0 Å². The van der Waals surface area contributed by atoms with Crippen molar-refractivity contribution in [2.45, 2.75) is 102 Å². The van der Waals surface area contributed by atoms with Gasteiger partial charge in [0, 0.05) is 30.5 Å². The summed E-state index contributed by atoms with van der Waals surface area (Å²) >= 11 is 0. The molecule has 0 aliphatic carbocycles. The molecule has 3 aliphatic rings. The fraction of sp³-hybridized carbons (Fsp3) is 0.420. The van der Waals surface area contributed by atoms with Gasteiger partial charge in [0.25, 0.3) is 0 Å². The highest BCUT2D eigenvalue weighted by molar-refractivity contribution is 5.87. The van der Waals surface area contributed by atoms with Crippen molar-refractivity contribution in [1.29, 1.82) is 0 Å². The number of imidazole rings is 2. The lowest BCUT2D eigenvalue weighted by molar-refractivity contribution is -0.136. The SMILES string of the molecule is COC(=O)N[C@H](C(=O)N1CCC[C@H]1c1nc2cc([C@H]3CC[C@H](c4ccc5[nH]c([C@@H]6CCCN6C(=O)[C@@H](NC(=O)O)C(C)C)nc5c4)N3c3ccc(-c4ccccn4)cc3)ccc2[nH]1)C(C)C. The number of methoxy groups -OCH3 is 1. The largest absolute Gasteiger partial charge is 0.465 e. The second kappa shape index (κ2) is 18.5. The molecular weight excluding hydrogens is 837 g/mol. The molecule has 6 heterocycles. The van der Waals surface area contributed by atoms with Gasteiger partial charge in [-0.1, -0.05) is 58.0 Å². The van der Waals surface area contributed by atoms with Crippen LogP contribution in [0.1, 0.15) is 113 Å². The van der Waals surface area contributed by atoms with Gasteiger partial charge in [0.15, 0.2) is 0 Å². The van der Waals surface area contributed by atoms with Crippen LogP contribution in [0, 0.1) is 11.8 Å². The molecule has 6 aromatic rings. The number of fused-ring (bicyclic) bond motifs is 2. The van der Waals surface area contributed by atoms with Gasteiger partial charge in [-0.2, -0.15) is 0 Å². The van der Waals surface area contributed by atoms with Gasteiger partial charge in [-0.25, -0.2) is 19.6 Å². The Morgan fingerprint density at radius 2 is 1.21 bits per heavy atom. The lowest BCUT2D eigenvalue weighted by Gasteiger charge is -2.33. The number of carbonyl (C=O) groups excluding carboxylic acids is 3. The highest BCUT2D eigenvalue weighted by Gasteiger charge is 2.40. The van der Waals surface area contributed by atoms with E-state index in [0.29, 0.717) is 18.9 Å². The van der Waals surface area contributed by atoms with Crippen molar-refractivity contribution in [2.24, 2.45) is 11.8 Å². The number of hydrogen-bond donors (Lipinski definition) is 5. The molecule has 66 heavy (non-hydrogen) atoms. The van der Waals surface area contributed by atoms with Crippen molar-refractivity contribution >= 4 is 51.8 Å². The van der Waals surface area contributed by atoms with Crippen LogP contribution in [0.4, 0.5) is 15.3 Å². The van der Waals surface area contributed by atoms with Gasteiger partial charge in [-0.3, -0.25) is 14.6 Å². The minimum Gasteiger partial charge on any atom is -0.465 e. The highest BCUT2D eigenvalue weighted by atomic mass is 16.5. The Morgan fingerprint density at radius 1 is 0.682 bits per heavy atom. The van der Waals surface area contributed by atoms with E-state index < -0.39 is 24.3 Å². The van der Waals surface area contributed by atoms with E-state index in [-0.39, 0.29) is 47.8 Å². The number of carbonyl (C=O) groups is 4. The number of aromatic amines is 2. The number of anilines is 1. The minimum atomic E-state index is -1.22. The normalized spacial score (nSPS) is 20.7. The number of benzene rings is 3. The molecule has 0 unspecified atom stereocenters. The number of nitrogens with one attached hydrogen (secondary N) is 4. The van der Waals surface area contributed by atoms with E-state index in [1.165, 1.54) is 7.11 Å². The van der Waals surface area contributed by atoms with E-state index in [9.17, 15) is 24.3 Å². The average Bonchev–Trinajstić information content (AvgIpc) is 4.18.